The van der Waals surface area contributed by atoms with E-state index in [0.717, 1.165) is 0 Å². The first kappa shape index (κ1) is 17.4. The Kier molecular flexibility index (Phi) is 6.13. The number of rotatable bonds is 7. The standard InChI is InChI=1S/C13H20N2O5S/c1-9(6-7-19-2)15-21(17,18)12-8-10(14)4-5-11(12)13(16)20-3/h4-5,8-9,15H,6-7,14H2,1-3H3. The van der Waals surface area contributed by atoms with Gasteiger partial charge in [-0.15, -0.1) is 0 Å². The molecule has 0 spiro atoms. The summed E-state index contributed by atoms with van der Waals surface area (Å²) >= 11 is 0. The molecule has 0 aliphatic carbocycles. The zero-order chi connectivity index (χ0) is 16.0. The number of hydrogen-bond acceptors (Lipinski definition) is 6. The molecular formula is C13H20N2O5S. The van der Waals surface area contributed by atoms with E-state index in [9.17, 15) is 13.2 Å². The molecule has 0 aromatic heterocycles. The molecule has 0 heterocycles. The van der Waals surface area contributed by atoms with Gasteiger partial charge in [0.25, 0.3) is 0 Å². The molecule has 0 radical (unpaired) electrons. The van der Waals surface area contributed by atoms with Gasteiger partial charge in [0, 0.05) is 25.4 Å². The summed E-state index contributed by atoms with van der Waals surface area (Å²) in [5.41, 5.74) is 5.80. The maximum Gasteiger partial charge on any atom is 0.339 e. The summed E-state index contributed by atoms with van der Waals surface area (Å²) in [6, 6.07) is 3.66. The Labute approximate surface area is 124 Å². The summed E-state index contributed by atoms with van der Waals surface area (Å²) in [4.78, 5) is 11.5. The molecule has 8 heteroatoms. The largest absolute Gasteiger partial charge is 0.465 e. The predicted molar refractivity (Wildman–Crippen MR) is 78.5 cm³/mol. The van der Waals surface area contributed by atoms with Crippen LogP contribution in [-0.2, 0) is 19.5 Å². The molecule has 1 atom stereocenters. The summed E-state index contributed by atoms with van der Waals surface area (Å²) in [6.45, 7) is 2.13. The van der Waals surface area contributed by atoms with Crippen LogP contribution in [0.25, 0.3) is 0 Å². The van der Waals surface area contributed by atoms with Crippen LogP contribution in [0.4, 0.5) is 5.69 Å². The molecule has 21 heavy (non-hydrogen) atoms. The number of nitrogens with one attached hydrogen (secondary N) is 1. The second kappa shape index (κ2) is 7.39. The number of sulfonamides is 1. The summed E-state index contributed by atoms with van der Waals surface area (Å²) in [6.07, 6.45) is 0.506. The lowest BCUT2D eigenvalue weighted by Gasteiger charge is -2.15. The second-order valence-corrected chi connectivity index (χ2v) is 6.23. The van der Waals surface area contributed by atoms with Crippen molar-refractivity contribution in [3.05, 3.63) is 23.8 Å². The van der Waals surface area contributed by atoms with Gasteiger partial charge in [0.05, 0.1) is 17.6 Å². The van der Waals surface area contributed by atoms with Gasteiger partial charge in [-0.2, -0.15) is 0 Å². The molecule has 1 aromatic rings. The molecule has 1 unspecified atom stereocenters. The molecule has 0 saturated carbocycles. The van der Waals surface area contributed by atoms with Crippen LogP contribution >= 0.6 is 0 Å². The van der Waals surface area contributed by atoms with Crippen LogP contribution in [0.1, 0.15) is 23.7 Å². The van der Waals surface area contributed by atoms with Gasteiger partial charge in [-0.3, -0.25) is 0 Å². The van der Waals surface area contributed by atoms with Crippen LogP contribution in [0, 0.1) is 0 Å². The lowest BCUT2D eigenvalue weighted by Crippen LogP contribution is -2.34. The normalized spacial score (nSPS) is 12.9. The van der Waals surface area contributed by atoms with E-state index in [1.54, 1.807) is 6.92 Å². The van der Waals surface area contributed by atoms with Crippen molar-refractivity contribution < 1.29 is 22.7 Å². The van der Waals surface area contributed by atoms with Gasteiger partial charge in [0.15, 0.2) is 0 Å². The lowest BCUT2D eigenvalue weighted by atomic mass is 10.2. The second-order valence-electron chi connectivity index (χ2n) is 4.55. The van der Waals surface area contributed by atoms with Gasteiger partial charge in [0.2, 0.25) is 10.0 Å². The Morgan fingerprint density at radius 1 is 1.38 bits per heavy atom. The number of carbonyl (C=O) groups excluding carboxylic acids is 1. The number of ether oxygens (including phenoxy) is 2. The average Bonchev–Trinajstić information content (AvgIpc) is 2.43. The van der Waals surface area contributed by atoms with Gasteiger partial charge in [-0.25, -0.2) is 17.9 Å². The number of nitrogens with two attached hydrogens (primary N) is 1. The number of anilines is 1. The van der Waals surface area contributed by atoms with E-state index < -0.39 is 16.0 Å². The topological polar surface area (TPSA) is 108 Å². The number of nitrogen functional groups attached to an aromatic ring is 1. The Balaban J connectivity index is 3.12. The van der Waals surface area contributed by atoms with Crippen LogP contribution in [0.15, 0.2) is 23.1 Å². The summed E-state index contributed by atoms with van der Waals surface area (Å²) in [5.74, 6) is -0.736. The van der Waals surface area contributed by atoms with Crippen LogP contribution in [0.2, 0.25) is 0 Å². The molecule has 0 aliphatic heterocycles. The minimum absolute atomic E-state index is 0.0573. The number of carbonyl (C=O) groups is 1. The van der Waals surface area contributed by atoms with E-state index in [1.807, 2.05) is 0 Å². The van der Waals surface area contributed by atoms with Crippen LogP contribution in [-0.4, -0.2) is 41.3 Å². The molecule has 1 rings (SSSR count). The lowest BCUT2D eigenvalue weighted by molar-refractivity contribution is 0.0596. The zero-order valence-corrected chi connectivity index (χ0v) is 13.1. The van der Waals surface area contributed by atoms with Gasteiger partial charge >= 0.3 is 5.97 Å². The Morgan fingerprint density at radius 3 is 2.62 bits per heavy atom. The molecule has 7 nitrogen and oxygen atoms in total. The van der Waals surface area contributed by atoms with E-state index in [0.29, 0.717) is 13.0 Å². The molecular weight excluding hydrogens is 296 g/mol. The molecule has 3 N–H and O–H groups in total. The van der Waals surface area contributed by atoms with Gasteiger partial charge < -0.3 is 15.2 Å². The maximum absolute atomic E-state index is 12.4. The molecule has 0 aliphatic rings. The first-order chi connectivity index (χ1) is 9.81. The fourth-order valence-electron chi connectivity index (χ4n) is 1.72. The van der Waals surface area contributed by atoms with Crippen molar-refractivity contribution in [2.24, 2.45) is 0 Å². The number of hydrogen-bond donors (Lipinski definition) is 2. The first-order valence-corrected chi connectivity index (χ1v) is 7.79. The van der Waals surface area contributed by atoms with Gasteiger partial charge in [-0.05, 0) is 31.5 Å². The highest BCUT2D eigenvalue weighted by Gasteiger charge is 2.24. The molecule has 0 amide bonds. The summed E-state index contributed by atoms with van der Waals surface area (Å²) < 4.78 is 36.7. The van der Waals surface area contributed by atoms with Crippen molar-refractivity contribution >= 4 is 21.7 Å². The third-order valence-corrected chi connectivity index (χ3v) is 4.44. The first-order valence-electron chi connectivity index (χ1n) is 6.31. The van der Waals surface area contributed by atoms with Crippen LogP contribution in [0.5, 0.6) is 0 Å². The average molecular weight is 316 g/mol. The highest BCUT2D eigenvalue weighted by Crippen LogP contribution is 2.20. The maximum atomic E-state index is 12.4. The van der Waals surface area contributed by atoms with E-state index in [2.05, 4.69) is 9.46 Å². The van der Waals surface area contributed by atoms with Crippen molar-refractivity contribution in [2.75, 3.05) is 26.6 Å². The highest BCUT2D eigenvalue weighted by molar-refractivity contribution is 7.89. The fourth-order valence-corrected chi connectivity index (χ4v) is 3.23. The smallest absolute Gasteiger partial charge is 0.339 e. The molecule has 0 fully saturated rings. The van der Waals surface area contributed by atoms with Crippen molar-refractivity contribution in [1.82, 2.24) is 4.72 Å². The molecule has 0 saturated heterocycles. The SMILES string of the molecule is COCCC(C)NS(=O)(=O)c1cc(N)ccc1C(=O)OC. The van der Waals surface area contributed by atoms with Crippen molar-refractivity contribution in [2.45, 2.75) is 24.3 Å². The van der Waals surface area contributed by atoms with Gasteiger partial charge in [0.1, 0.15) is 0 Å². The third-order valence-electron chi connectivity index (χ3n) is 2.81. The predicted octanol–water partition coefficient (Wildman–Crippen LogP) is 0.759. The molecule has 118 valence electrons. The van der Waals surface area contributed by atoms with Crippen LogP contribution < -0.4 is 10.5 Å². The van der Waals surface area contributed by atoms with Crippen molar-refractivity contribution in [3.8, 4) is 0 Å². The molecule has 1 aromatic carbocycles. The highest BCUT2D eigenvalue weighted by atomic mass is 32.2. The summed E-state index contributed by atoms with van der Waals surface area (Å²) in [7, 11) is -1.16. The number of methoxy groups -OCH3 is 2. The monoisotopic (exact) mass is 316 g/mol. The van der Waals surface area contributed by atoms with Crippen LogP contribution in [0.3, 0.4) is 0 Å². The minimum Gasteiger partial charge on any atom is -0.465 e. The zero-order valence-electron chi connectivity index (χ0n) is 12.3. The quantitative estimate of drug-likeness (QED) is 0.568. The van der Waals surface area contributed by atoms with E-state index in [-0.39, 0.29) is 22.2 Å². The van der Waals surface area contributed by atoms with E-state index >= 15 is 0 Å². The minimum atomic E-state index is -3.88. The Bertz CT molecular complexity index is 601. The third kappa shape index (κ3) is 4.69. The van der Waals surface area contributed by atoms with E-state index in [1.165, 1.54) is 32.4 Å². The Hall–Kier alpha value is -1.64. The number of benzene rings is 1. The van der Waals surface area contributed by atoms with E-state index in [4.69, 9.17) is 10.5 Å². The Morgan fingerprint density at radius 2 is 2.05 bits per heavy atom. The fraction of sp³-hybridized carbons (Fsp3) is 0.462. The molecule has 0 bridgehead atoms. The van der Waals surface area contributed by atoms with Crippen molar-refractivity contribution in [3.63, 3.8) is 0 Å². The van der Waals surface area contributed by atoms with Crippen molar-refractivity contribution in [1.29, 1.82) is 0 Å². The summed E-state index contributed by atoms with van der Waals surface area (Å²) in [5, 5.41) is 0. The number of esters is 1. The van der Waals surface area contributed by atoms with Gasteiger partial charge in [-0.1, -0.05) is 0 Å².